The molecule has 6 nitrogen and oxygen atoms in total. The molecule has 0 unspecified atom stereocenters. The molecule has 0 spiro atoms. The number of unbranched alkanes of at least 4 members (excludes halogenated alkanes) is 1. The number of sulfonamides is 1. The molecule has 0 saturated heterocycles. The third kappa shape index (κ3) is 3.53. The molecule has 2 rings (SSSR count). The van der Waals surface area contributed by atoms with Crippen molar-refractivity contribution in [2.24, 2.45) is 0 Å². The average molecular weight is 322 g/mol. The number of aliphatic hydroxyl groups is 1. The number of aromatic nitrogens is 2. The fourth-order valence-corrected chi connectivity index (χ4v) is 3.54. The predicted octanol–water partition coefficient (Wildman–Crippen LogP) is 1.86. The van der Waals surface area contributed by atoms with Gasteiger partial charge in [-0.05, 0) is 25.0 Å². The van der Waals surface area contributed by atoms with E-state index >= 15 is 0 Å². The molecule has 2 N–H and O–H groups in total. The van der Waals surface area contributed by atoms with Crippen LogP contribution >= 0.6 is 23.3 Å². The molecule has 0 radical (unpaired) electrons. The van der Waals surface area contributed by atoms with E-state index < -0.39 is 10.0 Å². The fourth-order valence-electron chi connectivity index (χ4n) is 1.53. The van der Waals surface area contributed by atoms with Crippen molar-refractivity contribution in [1.82, 2.24) is 8.75 Å². The van der Waals surface area contributed by atoms with E-state index in [4.69, 9.17) is 16.7 Å². The van der Waals surface area contributed by atoms with E-state index in [0.717, 1.165) is 11.7 Å². The number of benzene rings is 1. The standard InChI is InChI=1S/C10H12ClN3O3S2/c11-7-3-4-8-10(13-18-12-8)9(7)14-19(16,17)6-2-1-5-15/h3-4,14-15H,1-2,5-6H2. The monoisotopic (exact) mass is 321 g/mol. The molecule has 1 aromatic carbocycles. The second-order valence-electron chi connectivity index (χ2n) is 3.91. The first kappa shape index (κ1) is 14.4. The topological polar surface area (TPSA) is 92.2 Å². The number of hydrogen-bond donors (Lipinski definition) is 2. The molecular formula is C10H12ClN3O3S2. The smallest absolute Gasteiger partial charge is 0.232 e. The summed E-state index contributed by atoms with van der Waals surface area (Å²) in [6.45, 7) is -0.0259. The predicted molar refractivity (Wildman–Crippen MR) is 76.2 cm³/mol. The number of fused-ring (bicyclic) bond motifs is 1. The highest BCUT2D eigenvalue weighted by Crippen LogP contribution is 2.30. The van der Waals surface area contributed by atoms with Gasteiger partial charge in [0.1, 0.15) is 11.0 Å². The first-order valence-corrected chi connectivity index (χ1v) is 8.31. The molecule has 0 amide bonds. The molecule has 2 aromatic rings. The lowest BCUT2D eigenvalue weighted by Gasteiger charge is -2.09. The number of hydrogen-bond acceptors (Lipinski definition) is 6. The Labute approximate surface area is 119 Å². The van der Waals surface area contributed by atoms with Crippen molar-refractivity contribution in [2.75, 3.05) is 17.1 Å². The number of aliphatic hydroxyl groups excluding tert-OH is 1. The number of rotatable bonds is 6. The minimum atomic E-state index is -3.51. The molecular weight excluding hydrogens is 310 g/mol. The van der Waals surface area contributed by atoms with E-state index in [9.17, 15) is 8.42 Å². The van der Waals surface area contributed by atoms with E-state index in [1.807, 2.05) is 0 Å². The molecule has 19 heavy (non-hydrogen) atoms. The summed E-state index contributed by atoms with van der Waals surface area (Å²) in [4.78, 5) is 0. The summed E-state index contributed by atoms with van der Waals surface area (Å²) in [5, 5.41) is 8.94. The summed E-state index contributed by atoms with van der Waals surface area (Å²) in [6, 6.07) is 3.27. The third-order valence-corrected chi connectivity index (χ3v) is 4.65. The first-order chi connectivity index (χ1) is 9.03. The molecule has 9 heteroatoms. The van der Waals surface area contributed by atoms with Crippen molar-refractivity contribution in [2.45, 2.75) is 12.8 Å². The maximum absolute atomic E-state index is 11.9. The number of anilines is 1. The highest BCUT2D eigenvalue weighted by atomic mass is 35.5. The Hall–Kier alpha value is -0.960. The molecule has 0 aliphatic carbocycles. The Morgan fingerprint density at radius 1 is 1.32 bits per heavy atom. The van der Waals surface area contributed by atoms with Gasteiger partial charge < -0.3 is 5.11 Å². The zero-order valence-electron chi connectivity index (χ0n) is 9.84. The van der Waals surface area contributed by atoms with E-state index in [0.29, 0.717) is 23.9 Å². The Morgan fingerprint density at radius 3 is 2.84 bits per heavy atom. The summed E-state index contributed by atoms with van der Waals surface area (Å²) in [5.41, 5.74) is 1.31. The van der Waals surface area contributed by atoms with Gasteiger partial charge in [-0.3, -0.25) is 4.72 Å². The summed E-state index contributed by atoms with van der Waals surface area (Å²) >= 11 is 6.99. The quantitative estimate of drug-likeness (QED) is 0.792. The van der Waals surface area contributed by atoms with Crippen LogP contribution in [0.4, 0.5) is 5.69 Å². The second-order valence-corrected chi connectivity index (χ2v) is 6.68. The Morgan fingerprint density at radius 2 is 2.11 bits per heavy atom. The van der Waals surface area contributed by atoms with Crippen LogP contribution in [0.5, 0.6) is 0 Å². The van der Waals surface area contributed by atoms with Crippen molar-refractivity contribution < 1.29 is 13.5 Å². The molecule has 104 valence electrons. The third-order valence-electron chi connectivity index (χ3n) is 2.46. The van der Waals surface area contributed by atoms with Crippen LogP contribution in [-0.4, -0.2) is 34.6 Å². The lowest BCUT2D eigenvalue weighted by atomic mass is 10.3. The van der Waals surface area contributed by atoms with E-state index in [1.165, 1.54) is 0 Å². The van der Waals surface area contributed by atoms with Gasteiger partial charge in [-0.25, -0.2) is 8.42 Å². The molecule has 0 atom stereocenters. The summed E-state index contributed by atoms with van der Waals surface area (Å²) < 4.78 is 34.3. The van der Waals surface area contributed by atoms with Crippen LogP contribution in [-0.2, 0) is 10.0 Å². The highest BCUT2D eigenvalue weighted by molar-refractivity contribution is 7.92. The molecule has 0 aliphatic heterocycles. The normalized spacial score (nSPS) is 11.9. The summed E-state index contributed by atoms with van der Waals surface area (Å²) in [5.74, 6) is -0.0716. The average Bonchev–Trinajstić information content (AvgIpc) is 2.81. The van der Waals surface area contributed by atoms with Gasteiger partial charge >= 0.3 is 0 Å². The molecule has 1 aromatic heterocycles. The van der Waals surface area contributed by atoms with Gasteiger partial charge in [0.25, 0.3) is 0 Å². The Bertz CT molecular complexity index is 672. The van der Waals surface area contributed by atoms with Crippen molar-refractivity contribution >= 4 is 50.1 Å². The van der Waals surface area contributed by atoms with Crippen LogP contribution in [0.15, 0.2) is 12.1 Å². The van der Waals surface area contributed by atoms with Crippen molar-refractivity contribution in [3.63, 3.8) is 0 Å². The first-order valence-electron chi connectivity index (χ1n) is 5.55. The van der Waals surface area contributed by atoms with Gasteiger partial charge in [0.15, 0.2) is 0 Å². The lowest BCUT2D eigenvalue weighted by Crippen LogP contribution is -2.17. The van der Waals surface area contributed by atoms with Gasteiger partial charge in [-0.1, -0.05) is 11.6 Å². The largest absolute Gasteiger partial charge is 0.396 e. The van der Waals surface area contributed by atoms with Crippen molar-refractivity contribution in [1.29, 1.82) is 0 Å². The zero-order valence-corrected chi connectivity index (χ0v) is 12.2. The summed E-state index contributed by atoms with van der Waals surface area (Å²) in [6.07, 6.45) is 0.825. The van der Waals surface area contributed by atoms with Gasteiger partial charge in [0.05, 0.1) is 28.2 Å². The molecule has 0 saturated carbocycles. The van der Waals surface area contributed by atoms with Gasteiger partial charge in [0, 0.05) is 6.61 Å². The van der Waals surface area contributed by atoms with Gasteiger partial charge in [-0.15, -0.1) is 0 Å². The zero-order chi connectivity index (χ0) is 13.9. The number of halogens is 1. The van der Waals surface area contributed by atoms with Crippen molar-refractivity contribution in [3.8, 4) is 0 Å². The second kappa shape index (κ2) is 6.00. The Kier molecular flexibility index (Phi) is 4.56. The van der Waals surface area contributed by atoms with Crippen LogP contribution in [0.25, 0.3) is 11.0 Å². The molecule has 0 fully saturated rings. The number of nitrogens with zero attached hydrogens (tertiary/aromatic N) is 2. The van der Waals surface area contributed by atoms with Crippen LogP contribution in [0.3, 0.4) is 0 Å². The highest BCUT2D eigenvalue weighted by Gasteiger charge is 2.16. The van der Waals surface area contributed by atoms with E-state index in [1.54, 1.807) is 12.1 Å². The Balaban J connectivity index is 2.25. The number of nitrogens with one attached hydrogen (secondary N) is 1. The minimum Gasteiger partial charge on any atom is -0.396 e. The fraction of sp³-hybridized carbons (Fsp3) is 0.400. The van der Waals surface area contributed by atoms with Crippen LogP contribution in [0.1, 0.15) is 12.8 Å². The lowest BCUT2D eigenvalue weighted by molar-refractivity contribution is 0.287. The van der Waals surface area contributed by atoms with Gasteiger partial charge in [-0.2, -0.15) is 8.75 Å². The molecule has 0 aliphatic rings. The van der Waals surface area contributed by atoms with Crippen LogP contribution in [0, 0.1) is 0 Å². The molecule has 1 heterocycles. The SMILES string of the molecule is O=S(=O)(CCCCO)Nc1c(Cl)ccc2nsnc12. The van der Waals surface area contributed by atoms with E-state index in [-0.39, 0.29) is 23.1 Å². The van der Waals surface area contributed by atoms with Crippen LogP contribution in [0.2, 0.25) is 5.02 Å². The summed E-state index contributed by atoms with van der Waals surface area (Å²) in [7, 11) is -3.51. The maximum Gasteiger partial charge on any atom is 0.232 e. The van der Waals surface area contributed by atoms with E-state index in [2.05, 4.69) is 13.5 Å². The van der Waals surface area contributed by atoms with Crippen LogP contribution < -0.4 is 4.72 Å². The maximum atomic E-state index is 11.9. The van der Waals surface area contributed by atoms with Gasteiger partial charge in [0.2, 0.25) is 10.0 Å². The minimum absolute atomic E-state index is 0.0259. The molecule has 0 bridgehead atoms. The van der Waals surface area contributed by atoms with Crippen molar-refractivity contribution in [3.05, 3.63) is 17.2 Å².